The molecule has 0 spiro atoms. The lowest BCUT2D eigenvalue weighted by Gasteiger charge is -2.27. The third-order valence-electron chi connectivity index (χ3n) is 3.08. The largest absolute Gasteiger partial charge is 0.465 e. The van der Waals surface area contributed by atoms with E-state index in [1.165, 1.54) is 0 Å². The highest BCUT2D eigenvalue weighted by atomic mass is 16.6. The standard InChI is InChI=1S/C14H19NO4/c16-14(17)15-12(8-11-4-2-1-3-5-11)9-13-10-18-6-7-19-13/h1-5,12-13,15H,6-10H2,(H,16,17)/t12?,13-/m1/s1. The van der Waals surface area contributed by atoms with E-state index in [-0.39, 0.29) is 12.1 Å². The molecular formula is C14H19NO4. The highest BCUT2D eigenvalue weighted by molar-refractivity contribution is 5.64. The molecule has 1 aliphatic rings. The minimum Gasteiger partial charge on any atom is -0.465 e. The van der Waals surface area contributed by atoms with E-state index in [0.29, 0.717) is 32.7 Å². The van der Waals surface area contributed by atoms with E-state index in [2.05, 4.69) is 5.32 Å². The Labute approximate surface area is 112 Å². The van der Waals surface area contributed by atoms with E-state index >= 15 is 0 Å². The summed E-state index contributed by atoms with van der Waals surface area (Å²) in [5, 5.41) is 11.5. The van der Waals surface area contributed by atoms with Crippen LogP contribution >= 0.6 is 0 Å². The molecule has 2 atom stereocenters. The molecule has 0 aliphatic carbocycles. The van der Waals surface area contributed by atoms with Crippen LogP contribution in [0.4, 0.5) is 4.79 Å². The number of nitrogens with one attached hydrogen (secondary N) is 1. The minimum atomic E-state index is -1.00. The number of rotatable bonds is 5. The summed E-state index contributed by atoms with van der Waals surface area (Å²) in [7, 11) is 0. The molecule has 1 unspecified atom stereocenters. The quantitative estimate of drug-likeness (QED) is 0.849. The molecule has 1 aromatic rings. The lowest BCUT2D eigenvalue weighted by atomic mass is 10.0. The van der Waals surface area contributed by atoms with Gasteiger partial charge in [-0.3, -0.25) is 0 Å². The normalized spacial score (nSPS) is 20.7. The molecule has 1 saturated heterocycles. The van der Waals surface area contributed by atoms with E-state index < -0.39 is 6.09 Å². The van der Waals surface area contributed by atoms with E-state index in [0.717, 1.165) is 5.56 Å². The monoisotopic (exact) mass is 265 g/mol. The summed E-state index contributed by atoms with van der Waals surface area (Å²) in [6.07, 6.45) is 0.251. The van der Waals surface area contributed by atoms with E-state index in [1.54, 1.807) is 0 Å². The van der Waals surface area contributed by atoms with Crippen molar-refractivity contribution < 1.29 is 19.4 Å². The maximum atomic E-state index is 10.9. The molecule has 104 valence electrons. The topological polar surface area (TPSA) is 67.8 Å². The molecule has 2 N–H and O–H groups in total. The van der Waals surface area contributed by atoms with Crippen LogP contribution in [0.1, 0.15) is 12.0 Å². The first-order valence-electron chi connectivity index (χ1n) is 6.47. The molecule has 5 heteroatoms. The van der Waals surface area contributed by atoms with Crippen molar-refractivity contribution in [3.05, 3.63) is 35.9 Å². The van der Waals surface area contributed by atoms with Crippen molar-refractivity contribution in [1.82, 2.24) is 5.32 Å². The summed E-state index contributed by atoms with van der Waals surface area (Å²) in [5.74, 6) is 0. The fourth-order valence-electron chi connectivity index (χ4n) is 2.26. The summed E-state index contributed by atoms with van der Waals surface area (Å²) in [4.78, 5) is 10.9. The second-order valence-electron chi connectivity index (χ2n) is 4.64. The van der Waals surface area contributed by atoms with Gasteiger partial charge in [-0.05, 0) is 18.4 Å². The van der Waals surface area contributed by atoms with Crippen molar-refractivity contribution in [3.63, 3.8) is 0 Å². The van der Waals surface area contributed by atoms with Crippen LogP contribution < -0.4 is 5.32 Å². The van der Waals surface area contributed by atoms with Crippen molar-refractivity contribution in [2.24, 2.45) is 0 Å². The minimum absolute atomic E-state index is 0.0330. The van der Waals surface area contributed by atoms with Crippen LogP contribution in [0.15, 0.2) is 30.3 Å². The highest BCUT2D eigenvalue weighted by Gasteiger charge is 2.21. The molecule has 19 heavy (non-hydrogen) atoms. The van der Waals surface area contributed by atoms with Crippen LogP contribution in [0.3, 0.4) is 0 Å². The summed E-state index contributed by atoms with van der Waals surface area (Å²) < 4.78 is 10.9. The Balaban J connectivity index is 1.92. The zero-order chi connectivity index (χ0) is 13.5. The number of carbonyl (C=O) groups is 1. The number of carboxylic acid groups (broad SMARTS) is 1. The molecular weight excluding hydrogens is 246 g/mol. The van der Waals surface area contributed by atoms with Gasteiger partial charge in [0.2, 0.25) is 0 Å². The van der Waals surface area contributed by atoms with Crippen LogP contribution in [0, 0.1) is 0 Å². The number of benzene rings is 1. The van der Waals surface area contributed by atoms with Gasteiger partial charge in [0.15, 0.2) is 0 Å². The molecule has 0 radical (unpaired) electrons. The SMILES string of the molecule is O=C(O)NC(Cc1ccccc1)C[C@@H]1COCCO1. The third kappa shape index (κ3) is 4.89. The average Bonchev–Trinajstić information content (AvgIpc) is 2.40. The Morgan fingerprint density at radius 2 is 2.16 bits per heavy atom. The van der Waals surface area contributed by atoms with Crippen molar-refractivity contribution in [1.29, 1.82) is 0 Å². The predicted molar refractivity (Wildman–Crippen MR) is 70.3 cm³/mol. The zero-order valence-electron chi connectivity index (χ0n) is 10.7. The van der Waals surface area contributed by atoms with Gasteiger partial charge in [0, 0.05) is 6.04 Å². The first-order chi connectivity index (χ1) is 9.24. The molecule has 0 aromatic heterocycles. The maximum absolute atomic E-state index is 10.9. The Bertz CT molecular complexity index is 390. The van der Waals surface area contributed by atoms with Crippen LogP contribution in [-0.4, -0.2) is 43.2 Å². The molecule has 1 amide bonds. The number of hydrogen-bond acceptors (Lipinski definition) is 3. The summed E-state index contributed by atoms with van der Waals surface area (Å²) in [5.41, 5.74) is 1.11. The maximum Gasteiger partial charge on any atom is 0.404 e. The molecule has 0 saturated carbocycles. The van der Waals surface area contributed by atoms with Gasteiger partial charge in [-0.1, -0.05) is 30.3 Å². The fourth-order valence-corrected chi connectivity index (χ4v) is 2.26. The first kappa shape index (κ1) is 13.8. The van der Waals surface area contributed by atoms with E-state index in [9.17, 15) is 4.79 Å². The van der Waals surface area contributed by atoms with Crippen molar-refractivity contribution in [2.45, 2.75) is 25.0 Å². The number of amides is 1. The van der Waals surface area contributed by atoms with Crippen LogP contribution in [0.5, 0.6) is 0 Å². The second-order valence-corrected chi connectivity index (χ2v) is 4.64. The molecule has 1 aromatic carbocycles. The fraction of sp³-hybridized carbons (Fsp3) is 0.500. The summed E-state index contributed by atoms with van der Waals surface area (Å²) in [6, 6.07) is 9.68. The summed E-state index contributed by atoms with van der Waals surface area (Å²) in [6.45, 7) is 1.73. The zero-order valence-corrected chi connectivity index (χ0v) is 10.7. The average molecular weight is 265 g/mol. The van der Waals surface area contributed by atoms with Crippen molar-refractivity contribution >= 4 is 6.09 Å². The predicted octanol–water partition coefficient (Wildman–Crippen LogP) is 1.67. The Morgan fingerprint density at radius 3 is 2.79 bits per heavy atom. The van der Waals surface area contributed by atoms with Gasteiger partial charge in [0.25, 0.3) is 0 Å². The smallest absolute Gasteiger partial charge is 0.404 e. The lowest BCUT2D eigenvalue weighted by molar-refractivity contribution is -0.0932. The van der Waals surface area contributed by atoms with Gasteiger partial charge < -0.3 is 19.9 Å². The Morgan fingerprint density at radius 1 is 1.37 bits per heavy atom. The van der Waals surface area contributed by atoms with Gasteiger partial charge >= 0.3 is 6.09 Å². The van der Waals surface area contributed by atoms with Crippen molar-refractivity contribution in [2.75, 3.05) is 19.8 Å². The molecule has 5 nitrogen and oxygen atoms in total. The number of ether oxygens (including phenoxy) is 2. The second kappa shape index (κ2) is 7.11. The van der Waals surface area contributed by atoms with Crippen LogP contribution in [0.2, 0.25) is 0 Å². The van der Waals surface area contributed by atoms with Crippen molar-refractivity contribution in [3.8, 4) is 0 Å². The number of hydrogen-bond donors (Lipinski definition) is 2. The molecule has 1 fully saturated rings. The van der Waals surface area contributed by atoms with Gasteiger partial charge in [-0.25, -0.2) is 4.79 Å². The Hall–Kier alpha value is -1.59. The van der Waals surface area contributed by atoms with Crippen LogP contribution in [-0.2, 0) is 15.9 Å². The highest BCUT2D eigenvalue weighted by Crippen LogP contribution is 2.12. The molecule has 2 rings (SSSR count). The molecule has 1 aliphatic heterocycles. The van der Waals surface area contributed by atoms with Gasteiger partial charge in [-0.15, -0.1) is 0 Å². The van der Waals surface area contributed by atoms with Crippen LogP contribution in [0.25, 0.3) is 0 Å². The lowest BCUT2D eigenvalue weighted by Crippen LogP contribution is -2.41. The van der Waals surface area contributed by atoms with Gasteiger partial charge in [0.05, 0.1) is 25.9 Å². The van der Waals surface area contributed by atoms with Gasteiger partial charge in [0.1, 0.15) is 0 Å². The molecule has 0 bridgehead atoms. The Kier molecular flexibility index (Phi) is 5.18. The van der Waals surface area contributed by atoms with E-state index in [1.807, 2.05) is 30.3 Å². The first-order valence-corrected chi connectivity index (χ1v) is 6.47. The van der Waals surface area contributed by atoms with E-state index in [4.69, 9.17) is 14.6 Å². The summed E-state index contributed by atoms with van der Waals surface area (Å²) >= 11 is 0. The third-order valence-corrected chi connectivity index (χ3v) is 3.08. The van der Waals surface area contributed by atoms with Gasteiger partial charge in [-0.2, -0.15) is 0 Å². The molecule has 1 heterocycles.